The number of hydrogen-bond donors (Lipinski definition) is 3. The van der Waals surface area contributed by atoms with Crippen LogP contribution >= 0.6 is 0 Å². The van der Waals surface area contributed by atoms with Crippen LogP contribution in [0.3, 0.4) is 0 Å². The molecule has 120 valence electrons. The van der Waals surface area contributed by atoms with E-state index in [0.29, 0.717) is 26.3 Å². The summed E-state index contributed by atoms with van der Waals surface area (Å²) in [4.78, 5) is 23.1. The zero-order chi connectivity index (χ0) is 16.5. The fourth-order valence-electron chi connectivity index (χ4n) is 2.21. The van der Waals surface area contributed by atoms with Crippen LogP contribution in [0.2, 0.25) is 0 Å². The normalized spacial score (nSPS) is 15.6. The van der Waals surface area contributed by atoms with Gasteiger partial charge in [0.15, 0.2) is 0 Å². The Balaban J connectivity index is 2.70. The zero-order valence-corrected chi connectivity index (χ0v) is 12.0. The lowest BCUT2D eigenvalue weighted by molar-refractivity contribution is 0.0688. The lowest BCUT2D eigenvalue weighted by Crippen LogP contribution is -2.36. The highest BCUT2D eigenvalue weighted by molar-refractivity contribution is 7.86. The molecule has 1 aliphatic heterocycles. The van der Waals surface area contributed by atoms with Crippen molar-refractivity contribution in [2.24, 2.45) is 0 Å². The molecule has 0 saturated carbocycles. The van der Waals surface area contributed by atoms with E-state index in [1.165, 1.54) is 0 Å². The summed E-state index contributed by atoms with van der Waals surface area (Å²) in [5.74, 6) is -3.30. The Morgan fingerprint density at radius 3 is 1.86 bits per heavy atom. The number of benzene rings is 1. The zero-order valence-electron chi connectivity index (χ0n) is 11.2. The van der Waals surface area contributed by atoms with E-state index in [-0.39, 0.29) is 5.69 Å². The molecule has 1 heterocycles. The van der Waals surface area contributed by atoms with Gasteiger partial charge in [-0.15, -0.1) is 0 Å². The first-order valence-electron chi connectivity index (χ1n) is 6.16. The predicted molar refractivity (Wildman–Crippen MR) is 73.2 cm³/mol. The molecule has 0 atom stereocenters. The molecule has 1 aliphatic rings. The molecule has 3 N–H and O–H groups in total. The molecular weight excluding hydrogens is 318 g/mol. The van der Waals surface area contributed by atoms with Gasteiger partial charge in [-0.05, 0) is 12.1 Å². The van der Waals surface area contributed by atoms with Crippen LogP contribution < -0.4 is 4.90 Å². The fourth-order valence-corrected chi connectivity index (χ4v) is 3.06. The van der Waals surface area contributed by atoms with Crippen molar-refractivity contribution in [2.75, 3.05) is 31.2 Å². The first-order chi connectivity index (χ1) is 10.2. The van der Waals surface area contributed by atoms with Crippen LogP contribution in [0, 0.1) is 0 Å². The molecule has 0 aromatic heterocycles. The molecular formula is C12H13NO8S. The average molecular weight is 331 g/mol. The largest absolute Gasteiger partial charge is 0.478 e. The first kappa shape index (κ1) is 16.2. The van der Waals surface area contributed by atoms with Gasteiger partial charge in [0.25, 0.3) is 10.1 Å². The Morgan fingerprint density at radius 2 is 1.50 bits per heavy atom. The molecule has 0 radical (unpaired) electrons. The van der Waals surface area contributed by atoms with Crippen LogP contribution in [0.1, 0.15) is 20.7 Å². The first-order valence-corrected chi connectivity index (χ1v) is 7.60. The van der Waals surface area contributed by atoms with Crippen molar-refractivity contribution in [1.82, 2.24) is 0 Å². The van der Waals surface area contributed by atoms with Gasteiger partial charge < -0.3 is 19.8 Å². The summed E-state index contributed by atoms with van der Waals surface area (Å²) in [6, 6.07) is 2.06. The molecule has 10 heteroatoms. The fraction of sp³-hybridized carbons (Fsp3) is 0.333. The van der Waals surface area contributed by atoms with Crippen molar-refractivity contribution in [3.8, 4) is 0 Å². The summed E-state index contributed by atoms with van der Waals surface area (Å²) in [5, 5.41) is 18.3. The predicted octanol–water partition coefficient (Wildman–Crippen LogP) is 0.166. The summed E-state index contributed by atoms with van der Waals surface area (Å²) >= 11 is 0. The topological polar surface area (TPSA) is 141 Å². The van der Waals surface area contributed by atoms with Gasteiger partial charge in [0.05, 0.1) is 24.3 Å². The minimum atomic E-state index is -5.01. The molecule has 1 fully saturated rings. The smallest absolute Gasteiger partial charge is 0.337 e. The second-order valence-electron chi connectivity index (χ2n) is 4.55. The Kier molecular flexibility index (Phi) is 4.35. The van der Waals surface area contributed by atoms with Gasteiger partial charge in [-0.3, -0.25) is 4.55 Å². The van der Waals surface area contributed by atoms with E-state index < -0.39 is 38.1 Å². The molecule has 2 rings (SSSR count). The Labute approximate surface area is 125 Å². The van der Waals surface area contributed by atoms with Gasteiger partial charge in [0.1, 0.15) is 4.90 Å². The molecule has 9 nitrogen and oxygen atoms in total. The van der Waals surface area contributed by atoms with E-state index in [2.05, 4.69) is 0 Å². The highest BCUT2D eigenvalue weighted by Gasteiger charge is 2.29. The van der Waals surface area contributed by atoms with Gasteiger partial charge in [-0.2, -0.15) is 8.42 Å². The van der Waals surface area contributed by atoms with Crippen molar-refractivity contribution in [3.05, 3.63) is 23.3 Å². The average Bonchev–Trinajstić information content (AvgIpc) is 2.45. The Bertz CT molecular complexity index is 686. The number of aromatic carboxylic acids is 2. The van der Waals surface area contributed by atoms with E-state index in [4.69, 9.17) is 19.5 Å². The molecule has 0 bridgehead atoms. The van der Waals surface area contributed by atoms with Crippen molar-refractivity contribution >= 4 is 27.7 Å². The summed E-state index contributed by atoms with van der Waals surface area (Å²) in [5.41, 5.74) is -1.33. The highest BCUT2D eigenvalue weighted by atomic mass is 32.2. The van der Waals surface area contributed by atoms with Crippen molar-refractivity contribution in [1.29, 1.82) is 0 Å². The number of rotatable bonds is 4. The summed E-state index contributed by atoms with van der Waals surface area (Å²) in [7, 11) is -5.01. The Hall–Kier alpha value is -2.17. The molecule has 1 saturated heterocycles. The van der Waals surface area contributed by atoms with Gasteiger partial charge in [0.2, 0.25) is 0 Å². The van der Waals surface area contributed by atoms with E-state index in [1.54, 1.807) is 4.90 Å². The van der Waals surface area contributed by atoms with Gasteiger partial charge in [0, 0.05) is 18.8 Å². The molecule has 0 amide bonds. The van der Waals surface area contributed by atoms with Crippen LogP contribution in [0.25, 0.3) is 0 Å². The lowest BCUT2D eigenvalue weighted by Gasteiger charge is -2.29. The second kappa shape index (κ2) is 5.91. The van der Waals surface area contributed by atoms with Gasteiger partial charge in [-0.1, -0.05) is 0 Å². The van der Waals surface area contributed by atoms with E-state index in [9.17, 15) is 18.0 Å². The molecule has 1 aromatic rings. The summed E-state index contributed by atoms with van der Waals surface area (Å²) in [6.07, 6.45) is 0. The standard InChI is InChI=1S/C12H13NO8S/c14-11(15)8-5-7(13-1-3-21-4-2-13)6-9(12(16)17)10(8)22(18,19)20/h5-6H,1-4H2,(H,14,15)(H,16,17)(H,18,19,20). The number of carboxylic acids is 2. The minimum Gasteiger partial charge on any atom is -0.478 e. The SMILES string of the molecule is O=C(O)c1cc(N2CCOCC2)cc(C(=O)O)c1S(=O)(=O)O. The van der Waals surface area contributed by atoms with Crippen molar-refractivity contribution in [2.45, 2.75) is 4.90 Å². The third-order valence-corrected chi connectivity index (χ3v) is 4.12. The number of nitrogens with zero attached hydrogens (tertiary/aromatic N) is 1. The molecule has 0 unspecified atom stereocenters. The molecule has 0 spiro atoms. The number of anilines is 1. The Morgan fingerprint density at radius 1 is 1.05 bits per heavy atom. The number of morpholine rings is 1. The van der Waals surface area contributed by atoms with Crippen LogP contribution in [0.15, 0.2) is 17.0 Å². The van der Waals surface area contributed by atoms with Crippen LogP contribution in [0.4, 0.5) is 5.69 Å². The van der Waals surface area contributed by atoms with Crippen molar-refractivity contribution < 1.29 is 37.5 Å². The van der Waals surface area contributed by atoms with Crippen LogP contribution in [-0.4, -0.2) is 61.4 Å². The summed E-state index contributed by atoms with van der Waals surface area (Å²) in [6.45, 7) is 1.57. The van der Waals surface area contributed by atoms with Gasteiger partial charge >= 0.3 is 11.9 Å². The number of hydrogen-bond acceptors (Lipinski definition) is 6. The minimum absolute atomic E-state index is 0.241. The summed E-state index contributed by atoms with van der Waals surface area (Å²) < 4.78 is 37.0. The third-order valence-electron chi connectivity index (χ3n) is 3.17. The number of carboxylic acid groups (broad SMARTS) is 2. The third kappa shape index (κ3) is 3.18. The van der Waals surface area contributed by atoms with E-state index in [1.807, 2.05) is 0 Å². The maximum atomic E-state index is 11.4. The van der Waals surface area contributed by atoms with Crippen LogP contribution in [-0.2, 0) is 14.9 Å². The number of ether oxygens (including phenoxy) is 1. The maximum Gasteiger partial charge on any atom is 0.337 e. The van der Waals surface area contributed by atoms with Crippen molar-refractivity contribution in [3.63, 3.8) is 0 Å². The lowest BCUT2D eigenvalue weighted by atomic mass is 10.1. The monoisotopic (exact) mass is 331 g/mol. The van der Waals surface area contributed by atoms with Crippen LogP contribution in [0.5, 0.6) is 0 Å². The molecule has 0 aliphatic carbocycles. The highest BCUT2D eigenvalue weighted by Crippen LogP contribution is 2.28. The van der Waals surface area contributed by atoms with E-state index >= 15 is 0 Å². The molecule has 1 aromatic carbocycles. The quantitative estimate of drug-likeness (QED) is 0.658. The maximum absolute atomic E-state index is 11.4. The number of carbonyl (C=O) groups is 2. The van der Waals surface area contributed by atoms with Gasteiger partial charge in [-0.25, -0.2) is 9.59 Å². The van der Waals surface area contributed by atoms with E-state index in [0.717, 1.165) is 12.1 Å². The second-order valence-corrected chi connectivity index (χ2v) is 5.91. The molecule has 22 heavy (non-hydrogen) atoms.